The summed E-state index contributed by atoms with van der Waals surface area (Å²) in [4.78, 5) is 4.20. The number of aromatic nitrogens is 2. The summed E-state index contributed by atoms with van der Waals surface area (Å²) in [5, 5.41) is 3.83. The van der Waals surface area contributed by atoms with Gasteiger partial charge in [-0.2, -0.15) is 4.98 Å². The quantitative estimate of drug-likeness (QED) is 0.711. The Morgan fingerprint density at radius 3 is 2.92 bits per heavy atom. The summed E-state index contributed by atoms with van der Waals surface area (Å²) in [5.41, 5.74) is 5.35. The highest BCUT2D eigenvalue weighted by molar-refractivity contribution is 4.86. The fourth-order valence-electron chi connectivity index (χ4n) is 0.970. The average Bonchev–Trinajstić information content (AvgIpc) is 2.50. The molecule has 4 nitrogen and oxygen atoms in total. The maximum atomic E-state index is 5.35. The van der Waals surface area contributed by atoms with Crippen molar-refractivity contribution in [3.8, 4) is 0 Å². The van der Waals surface area contributed by atoms with Crippen LogP contribution in [-0.4, -0.2) is 16.7 Å². The molecule has 1 rings (SSSR count). The van der Waals surface area contributed by atoms with Crippen LogP contribution in [-0.2, 0) is 12.8 Å². The zero-order valence-corrected chi connectivity index (χ0v) is 7.42. The minimum absolute atomic E-state index is 0.672. The molecule has 0 bridgehead atoms. The molecule has 1 aromatic heterocycles. The average molecular weight is 169 g/mol. The monoisotopic (exact) mass is 169 g/mol. The maximum absolute atomic E-state index is 5.35. The molecule has 1 aromatic rings. The van der Waals surface area contributed by atoms with Crippen LogP contribution < -0.4 is 5.73 Å². The van der Waals surface area contributed by atoms with Crippen molar-refractivity contribution in [3.63, 3.8) is 0 Å². The number of rotatable bonds is 5. The van der Waals surface area contributed by atoms with E-state index < -0.39 is 0 Å². The van der Waals surface area contributed by atoms with E-state index in [1.165, 1.54) is 0 Å². The van der Waals surface area contributed by atoms with Crippen LogP contribution in [0.1, 0.15) is 31.5 Å². The van der Waals surface area contributed by atoms with Crippen LogP contribution in [0.25, 0.3) is 0 Å². The normalized spacial score (nSPS) is 10.5. The largest absolute Gasteiger partial charge is 0.339 e. The standard InChI is InChI=1S/C8H15N3O/c1-2-4-7-10-8(12-11-7)5-3-6-9/h2-6,9H2,1H3. The second-order valence-corrected chi connectivity index (χ2v) is 2.75. The fourth-order valence-corrected chi connectivity index (χ4v) is 0.970. The van der Waals surface area contributed by atoms with Crippen molar-refractivity contribution >= 4 is 0 Å². The lowest BCUT2D eigenvalue weighted by Crippen LogP contribution is -2.00. The molecule has 0 aliphatic carbocycles. The lowest BCUT2D eigenvalue weighted by molar-refractivity contribution is 0.371. The van der Waals surface area contributed by atoms with Gasteiger partial charge in [0.05, 0.1) is 0 Å². The molecule has 0 amide bonds. The van der Waals surface area contributed by atoms with Gasteiger partial charge in [-0.25, -0.2) is 0 Å². The predicted octanol–water partition coefficient (Wildman–Crippen LogP) is 0.913. The van der Waals surface area contributed by atoms with Gasteiger partial charge in [0, 0.05) is 12.8 Å². The van der Waals surface area contributed by atoms with E-state index in [1.54, 1.807) is 0 Å². The molecule has 2 N–H and O–H groups in total. The van der Waals surface area contributed by atoms with Gasteiger partial charge >= 0.3 is 0 Å². The van der Waals surface area contributed by atoms with Crippen LogP contribution in [0.2, 0.25) is 0 Å². The summed E-state index contributed by atoms with van der Waals surface area (Å²) in [6.07, 6.45) is 3.66. The van der Waals surface area contributed by atoms with Gasteiger partial charge < -0.3 is 10.3 Å². The first-order chi connectivity index (χ1) is 5.86. The van der Waals surface area contributed by atoms with Gasteiger partial charge in [0.25, 0.3) is 0 Å². The van der Waals surface area contributed by atoms with E-state index in [0.29, 0.717) is 12.4 Å². The van der Waals surface area contributed by atoms with E-state index in [2.05, 4.69) is 17.1 Å². The molecule has 0 radical (unpaired) electrons. The molecule has 68 valence electrons. The Hall–Kier alpha value is -0.900. The molecule has 0 atom stereocenters. The first-order valence-corrected chi connectivity index (χ1v) is 4.38. The summed E-state index contributed by atoms with van der Waals surface area (Å²) in [7, 11) is 0. The lowest BCUT2D eigenvalue weighted by Gasteiger charge is -1.88. The summed E-state index contributed by atoms with van der Waals surface area (Å²) in [5.74, 6) is 1.52. The first kappa shape index (κ1) is 9.19. The third-order valence-corrected chi connectivity index (χ3v) is 1.58. The van der Waals surface area contributed by atoms with E-state index in [-0.39, 0.29) is 0 Å². The molecular weight excluding hydrogens is 154 g/mol. The third-order valence-electron chi connectivity index (χ3n) is 1.58. The van der Waals surface area contributed by atoms with Gasteiger partial charge in [-0.15, -0.1) is 0 Å². The molecule has 12 heavy (non-hydrogen) atoms. The fraction of sp³-hybridized carbons (Fsp3) is 0.750. The predicted molar refractivity (Wildman–Crippen MR) is 45.7 cm³/mol. The molecule has 0 aliphatic heterocycles. The Morgan fingerprint density at radius 2 is 2.25 bits per heavy atom. The summed E-state index contributed by atoms with van der Waals surface area (Å²) in [6, 6.07) is 0. The molecule has 0 spiro atoms. The van der Waals surface area contributed by atoms with Crippen LogP contribution in [0.5, 0.6) is 0 Å². The molecule has 0 saturated heterocycles. The summed E-state index contributed by atoms with van der Waals surface area (Å²) in [6.45, 7) is 2.77. The minimum Gasteiger partial charge on any atom is -0.339 e. The molecular formula is C8H15N3O. The van der Waals surface area contributed by atoms with Crippen molar-refractivity contribution < 1.29 is 4.52 Å². The number of nitrogens with zero attached hydrogens (tertiary/aromatic N) is 2. The Balaban J connectivity index is 2.41. The van der Waals surface area contributed by atoms with Crippen molar-refractivity contribution in [1.82, 2.24) is 10.1 Å². The second kappa shape index (κ2) is 4.87. The van der Waals surface area contributed by atoms with Gasteiger partial charge in [0.1, 0.15) is 0 Å². The molecule has 0 aromatic carbocycles. The van der Waals surface area contributed by atoms with Crippen LogP contribution in [0.15, 0.2) is 4.52 Å². The van der Waals surface area contributed by atoms with Crippen molar-refractivity contribution in [2.75, 3.05) is 6.54 Å². The Labute approximate surface area is 72.1 Å². The van der Waals surface area contributed by atoms with Crippen molar-refractivity contribution in [3.05, 3.63) is 11.7 Å². The van der Waals surface area contributed by atoms with Crippen molar-refractivity contribution in [2.45, 2.75) is 32.6 Å². The second-order valence-electron chi connectivity index (χ2n) is 2.75. The smallest absolute Gasteiger partial charge is 0.226 e. The van der Waals surface area contributed by atoms with Crippen LogP contribution in [0, 0.1) is 0 Å². The highest BCUT2D eigenvalue weighted by Crippen LogP contribution is 2.01. The molecule has 0 unspecified atom stereocenters. The zero-order valence-electron chi connectivity index (χ0n) is 7.42. The van der Waals surface area contributed by atoms with E-state index >= 15 is 0 Å². The molecule has 0 fully saturated rings. The molecule has 1 heterocycles. The molecule has 4 heteroatoms. The van der Waals surface area contributed by atoms with Crippen molar-refractivity contribution in [2.24, 2.45) is 5.73 Å². The minimum atomic E-state index is 0.672. The summed E-state index contributed by atoms with van der Waals surface area (Å²) < 4.78 is 5.00. The lowest BCUT2D eigenvalue weighted by atomic mass is 10.3. The Morgan fingerprint density at radius 1 is 1.42 bits per heavy atom. The Bertz CT molecular complexity index is 222. The number of aryl methyl sites for hydroxylation is 2. The van der Waals surface area contributed by atoms with E-state index in [1.807, 2.05) is 0 Å². The van der Waals surface area contributed by atoms with Crippen molar-refractivity contribution in [1.29, 1.82) is 0 Å². The van der Waals surface area contributed by atoms with Crippen LogP contribution in [0.3, 0.4) is 0 Å². The first-order valence-electron chi connectivity index (χ1n) is 4.38. The third kappa shape index (κ3) is 2.62. The van der Waals surface area contributed by atoms with Gasteiger partial charge in [0.2, 0.25) is 5.89 Å². The number of hydrogen-bond acceptors (Lipinski definition) is 4. The highest BCUT2D eigenvalue weighted by Gasteiger charge is 2.03. The molecule has 0 saturated carbocycles. The van der Waals surface area contributed by atoms with Crippen LogP contribution in [0.4, 0.5) is 0 Å². The number of hydrogen-bond donors (Lipinski definition) is 1. The maximum Gasteiger partial charge on any atom is 0.226 e. The SMILES string of the molecule is CCCc1noc(CCCN)n1. The van der Waals surface area contributed by atoms with Gasteiger partial charge in [-0.3, -0.25) is 0 Å². The van der Waals surface area contributed by atoms with Gasteiger partial charge in [-0.05, 0) is 19.4 Å². The summed E-state index contributed by atoms with van der Waals surface area (Å²) >= 11 is 0. The van der Waals surface area contributed by atoms with Gasteiger partial charge in [-0.1, -0.05) is 12.1 Å². The van der Waals surface area contributed by atoms with Crippen LogP contribution >= 0.6 is 0 Å². The van der Waals surface area contributed by atoms with E-state index in [9.17, 15) is 0 Å². The van der Waals surface area contributed by atoms with Gasteiger partial charge in [0.15, 0.2) is 5.82 Å². The zero-order chi connectivity index (χ0) is 8.81. The van der Waals surface area contributed by atoms with E-state index in [0.717, 1.165) is 31.5 Å². The number of nitrogens with two attached hydrogens (primary N) is 1. The topological polar surface area (TPSA) is 64.9 Å². The Kier molecular flexibility index (Phi) is 3.73. The highest BCUT2D eigenvalue weighted by atomic mass is 16.5. The molecule has 0 aliphatic rings. The van der Waals surface area contributed by atoms with E-state index in [4.69, 9.17) is 10.3 Å².